The summed E-state index contributed by atoms with van der Waals surface area (Å²) in [5.74, 6) is -1.51. The highest BCUT2D eigenvalue weighted by atomic mass is 19.1. The molecule has 2 rings (SSSR count). The van der Waals surface area contributed by atoms with Crippen molar-refractivity contribution in [2.75, 3.05) is 25.6 Å². The number of esters is 1. The van der Waals surface area contributed by atoms with Crippen LogP contribution in [0.25, 0.3) is 0 Å². The first-order chi connectivity index (χ1) is 12.9. The van der Waals surface area contributed by atoms with Crippen molar-refractivity contribution in [3.8, 4) is 11.5 Å². The Morgan fingerprint density at radius 2 is 1.85 bits per heavy atom. The SMILES string of the molecule is COc1ccc([N+](=O)[O-])cc1NC(=O)COC(=O)COc1ccc(F)cc1. The van der Waals surface area contributed by atoms with Crippen molar-refractivity contribution >= 4 is 23.3 Å². The van der Waals surface area contributed by atoms with Crippen LogP contribution in [0.1, 0.15) is 0 Å². The molecule has 0 heterocycles. The second kappa shape index (κ2) is 9.13. The van der Waals surface area contributed by atoms with Gasteiger partial charge in [0, 0.05) is 12.1 Å². The van der Waals surface area contributed by atoms with Gasteiger partial charge in [-0.3, -0.25) is 14.9 Å². The minimum absolute atomic E-state index is 0.0651. The number of carbonyl (C=O) groups excluding carboxylic acids is 2. The fourth-order valence-electron chi connectivity index (χ4n) is 1.95. The summed E-state index contributed by atoms with van der Waals surface area (Å²) in [5.41, 5.74) is -0.175. The topological polar surface area (TPSA) is 117 Å². The molecule has 0 saturated carbocycles. The van der Waals surface area contributed by atoms with E-state index in [9.17, 15) is 24.1 Å². The second-order valence-electron chi connectivity index (χ2n) is 5.09. The number of nitrogens with one attached hydrogen (secondary N) is 1. The molecule has 0 aliphatic rings. The molecular formula is C17H15FN2O7. The minimum Gasteiger partial charge on any atom is -0.495 e. The van der Waals surface area contributed by atoms with Crippen molar-refractivity contribution in [1.82, 2.24) is 0 Å². The van der Waals surface area contributed by atoms with E-state index < -0.39 is 35.8 Å². The first kappa shape index (κ1) is 19.6. The minimum atomic E-state index is -0.819. The van der Waals surface area contributed by atoms with Gasteiger partial charge in [0.25, 0.3) is 11.6 Å². The standard InChI is InChI=1S/C17H15FN2O7/c1-25-15-7-4-12(20(23)24)8-14(15)19-16(21)9-27-17(22)10-26-13-5-2-11(18)3-6-13/h2-8H,9-10H2,1H3,(H,19,21). The third kappa shape index (κ3) is 5.96. The normalized spacial score (nSPS) is 10.0. The number of methoxy groups -OCH3 is 1. The van der Waals surface area contributed by atoms with Gasteiger partial charge in [0.05, 0.1) is 17.7 Å². The van der Waals surface area contributed by atoms with Crippen LogP contribution in [0.5, 0.6) is 11.5 Å². The molecule has 0 fully saturated rings. The fraction of sp³-hybridized carbons (Fsp3) is 0.176. The maximum absolute atomic E-state index is 12.8. The van der Waals surface area contributed by atoms with E-state index in [1.165, 1.54) is 43.5 Å². The van der Waals surface area contributed by atoms with Gasteiger partial charge >= 0.3 is 5.97 Å². The summed E-state index contributed by atoms with van der Waals surface area (Å²) in [5, 5.41) is 13.2. The van der Waals surface area contributed by atoms with E-state index in [1.807, 2.05) is 0 Å². The van der Waals surface area contributed by atoms with E-state index >= 15 is 0 Å². The van der Waals surface area contributed by atoms with E-state index in [1.54, 1.807) is 0 Å². The Labute approximate surface area is 152 Å². The summed E-state index contributed by atoms with van der Waals surface area (Å²) in [6.45, 7) is -1.10. The van der Waals surface area contributed by atoms with Crippen LogP contribution in [0.4, 0.5) is 15.8 Å². The second-order valence-corrected chi connectivity index (χ2v) is 5.09. The van der Waals surface area contributed by atoms with Gasteiger partial charge in [-0.25, -0.2) is 9.18 Å². The summed E-state index contributed by atoms with van der Waals surface area (Å²) < 4.78 is 27.6. The molecule has 1 N–H and O–H groups in total. The molecular weight excluding hydrogens is 363 g/mol. The number of carbonyl (C=O) groups is 2. The number of halogens is 1. The molecule has 0 saturated heterocycles. The van der Waals surface area contributed by atoms with E-state index in [0.29, 0.717) is 0 Å². The molecule has 27 heavy (non-hydrogen) atoms. The number of benzene rings is 2. The number of nitrogens with zero attached hydrogens (tertiary/aromatic N) is 1. The molecule has 0 bridgehead atoms. The van der Waals surface area contributed by atoms with Gasteiger partial charge in [-0.15, -0.1) is 0 Å². The van der Waals surface area contributed by atoms with Crippen LogP contribution in [-0.2, 0) is 14.3 Å². The lowest BCUT2D eigenvalue weighted by atomic mass is 10.2. The zero-order chi connectivity index (χ0) is 19.8. The maximum Gasteiger partial charge on any atom is 0.344 e. The zero-order valence-electron chi connectivity index (χ0n) is 14.1. The van der Waals surface area contributed by atoms with Gasteiger partial charge < -0.3 is 19.5 Å². The molecule has 0 spiro atoms. The number of nitro benzene ring substituents is 1. The molecule has 2 aromatic rings. The van der Waals surface area contributed by atoms with Gasteiger partial charge in [-0.1, -0.05) is 0 Å². The van der Waals surface area contributed by atoms with Crippen molar-refractivity contribution in [3.05, 3.63) is 58.4 Å². The third-order valence-electron chi connectivity index (χ3n) is 3.20. The lowest BCUT2D eigenvalue weighted by Gasteiger charge is -2.10. The van der Waals surface area contributed by atoms with Crippen LogP contribution in [0.15, 0.2) is 42.5 Å². The summed E-state index contributed by atoms with van der Waals surface area (Å²) in [6, 6.07) is 8.68. The number of nitro groups is 1. The highest BCUT2D eigenvalue weighted by molar-refractivity contribution is 5.94. The van der Waals surface area contributed by atoms with Crippen LogP contribution in [0, 0.1) is 15.9 Å². The Morgan fingerprint density at radius 3 is 2.48 bits per heavy atom. The van der Waals surface area contributed by atoms with E-state index in [0.717, 1.165) is 6.07 Å². The highest BCUT2D eigenvalue weighted by Crippen LogP contribution is 2.28. The Balaban J connectivity index is 1.85. The van der Waals surface area contributed by atoms with Gasteiger partial charge in [0.15, 0.2) is 13.2 Å². The maximum atomic E-state index is 12.8. The van der Waals surface area contributed by atoms with Crippen molar-refractivity contribution in [1.29, 1.82) is 0 Å². The van der Waals surface area contributed by atoms with Gasteiger partial charge in [-0.2, -0.15) is 0 Å². The highest BCUT2D eigenvalue weighted by Gasteiger charge is 2.15. The molecule has 0 aromatic heterocycles. The van der Waals surface area contributed by atoms with Crippen molar-refractivity contribution in [3.63, 3.8) is 0 Å². The van der Waals surface area contributed by atoms with Crippen molar-refractivity contribution in [2.24, 2.45) is 0 Å². The summed E-state index contributed by atoms with van der Waals surface area (Å²) in [4.78, 5) is 33.7. The van der Waals surface area contributed by atoms with Gasteiger partial charge in [-0.05, 0) is 30.3 Å². The molecule has 9 nitrogen and oxygen atoms in total. The van der Waals surface area contributed by atoms with Crippen LogP contribution in [0.3, 0.4) is 0 Å². The molecule has 0 atom stereocenters. The number of anilines is 1. The monoisotopic (exact) mass is 378 g/mol. The van der Waals surface area contributed by atoms with Crippen LogP contribution >= 0.6 is 0 Å². The fourth-order valence-corrected chi connectivity index (χ4v) is 1.95. The molecule has 0 aliphatic heterocycles. The number of hydrogen-bond donors (Lipinski definition) is 1. The number of ether oxygens (including phenoxy) is 3. The zero-order valence-corrected chi connectivity index (χ0v) is 14.1. The summed E-state index contributed by atoms with van der Waals surface area (Å²) in [7, 11) is 1.34. The summed E-state index contributed by atoms with van der Waals surface area (Å²) >= 11 is 0. The Bertz CT molecular complexity index is 840. The predicted molar refractivity (Wildman–Crippen MR) is 91.1 cm³/mol. The lowest BCUT2D eigenvalue weighted by molar-refractivity contribution is -0.384. The third-order valence-corrected chi connectivity index (χ3v) is 3.20. The van der Waals surface area contributed by atoms with Gasteiger partial charge in [0.2, 0.25) is 0 Å². The largest absolute Gasteiger partial charge is 0.495 e. The number of rotatable bonds is 8. The molecule has 142 valence electrons. The van der Waals surface area contributed by atoms with Crippen LogP contribution < -0.4 is 14.8 Å². The Kier molecular flexibility index (Phi) is 6.64. The summed E-state index contributed by atoms with van der Waals surface area (Å²) in [6.07, 6.45) is 0. The Hall–Kier alpha value is -3.69. The van der Waals surface area contributed by atoms with Crippen LogP contribution in [-0.4, -0.2) is 37.1 Å². The number of hydrogen-bond acceptors (Lipinski definition) is 7. The van der Waals surface area contributed by atoms with Crippen molar-refractivity contribution in [2.45, 2.75) is 0 Å². The quantitative estimate of drug-likeness (QED) is 0.425. The first-order valence-electron chi connectivity index (χ1n) is 7.55. The lowest BCUT2D eigenvalue weighted by Crippen LogP contribution is -2.23. The number of non-ortho nitro benzene ring substituents is 1. The van der Waals surface area contributed by atoms with Crippen molar-refractivity contribution < 1.29 is 33.1 Å². The predicted octanol–water partition coefficient (Wildman–Crippen LogP) is 2.30. The van der Waals surface area contributed by atoms with E-state index in [2.05, 4.69) is 5.32 Å². The molecule has 2 aromatic carbocycles. The molecule has 0 unspecified atom stereocenters. The smallest absolute Gasteiger partial charge is 0.344 e. The van der Waals surface area contributed by atoms with E-state index in [4.69, 9.17) is 14.2 Å². The Morgan fingerprint density at radius 1 is 1.15 bits per heavy atom. The van der Waals surface area contributed by atoms with E-state index in [-0.39, 0.29) is 22.9 Å². The average Bonchev–Trinajstić information content (AvgIpc) is 2.65. The molecule has 0 radical (unpaired) electrons. The average molecular weight is 378 g/mol. The molecule has 0 aliphatic carbocycles. The molecule has 1 amide bonds. The van der Waals surface area contributed by atoms with Gasteiger partial charge in [0.1, 0.15) is 17.3 Å². The van der Waals surface area contributed by atoms with Crippen LogP contribution in [0.2, 0.25) is 0 Å². The number of amides is 1. The first-order valence-corrected chi connectivity index (χ1v) is 7.55. The molecule has 10 heteroatoms.